The van der Waals surface area contributed by atoms with Gasteiger partial charge in [-0.25, -0.2) is 0 Å². The Kier molecular flexibility index (Phi) is 10.6. The quantitative estimate of drug-likeness (QED) is 0.151. The van der Waals surface area contributed by atoms with Crippen LogP contribution in [0.25, 0.3) is 144 Å². The molecule has 12 aromatic carbocycles. The zero-order valence-electron chi connectivity index (χ0n) is 45.9. The molecule has 0 saturated heterocycles. The molecule has 3 heterocycles. The van der Waals surface area contributed by atoms with Crippen LogP contribution in [0.15, 0.2) is 243 Å². The lowest BCUT2D eigenvalue weighted by molar-refractivity contribution is 0.991. The Bertz CT molecular complexity index is 4910. The van der Waals surface area contributed by atoms with Crippen molar-refractivity contribution in [3.05, 3.63) is 276 Å². The summed E-state index contributed by atoms with van der Waals surface area (Å²) in [7, 11) is 0. The third-order valence-electron chi connectivity index (χ3n) is 17.5. The van der Waals surface area contributed by atoms with Gasteiger partial charge in [-0.15, -0.1) is 0 Å². The van der Waals surface area contributed by atoms with Crippen molar-refractivity contribution in [1.82, 2.24) is 13.7 Å². The highest BCUT2D eigenvalue weighted by Gasteiger charge is 2.23. The number of fused-ring (bicyclic) bond motifs is 11. The van der Waals surface area contributed by atoms with E-state index >= 15 is 0 Å². The van der Waals surface area contributed by atoms with Gasteiger partial charge < -0.3 is 13.7 Å². The highest BCUT2D eigenvalue weighted by atomic mass is 15.0. The number of rotatable bonds is 7. The zero-order chi connectivity index (χ0) is 54.0. The van der Waals surface area contributed by atoms with Crippen molar-refractivity contribution >= 4 is 82.3 Å². The van der Waals surface area contributed by atoms with E-state index in [1.807, 2.05) is 0 Å². The van der Waals surface area contributed by atoms with Gasteiger partial charge in [0.2, 0.25) is 0 Å². The largest absolute Gasteiger partial charge is 0.309 e. The van der Waals surface area contributed by atoms with Gasteiger partial charge in [-0.2, -0.15) is 0 Å². The first-order chi connectivity index (χ1) is 39.8. The molecule has 3 heteroatoms. The van der Waals surface area contributed by atoms with Crippen molar-refractivity contribution in [1.29, 1.82) is 0 Å². The predicted octanol–water partition coefficient (Wildman–Crippen LogP) is 21.0. The number of nitrogens with zero attached hydrogens (tertiary/aromatic N) is 3. The molecule has 384 valence electrons. The molecule has 0 saturated carbocycles. The van der Waals surface area contributed by atoms with Crippen molar-refractivity contribution in [3.63, 3.8) is 0 Å². The van der Waals surface area contributed by atoms with Crippen molar-refractivity contribution in [3.8, 4) is 61.6 Å². The standard InChI is InChI=1S/C78H57N3/c1-48-14-12-18-59(40-48)80-71-34-24-50(3)42-65(71)67-44-54(30-38-75(67)80)56-28-36-73-69(46-56)70-47-57(55-31-39-76-68(45-55)66-43-51(4)25-35-72(66)81(76)60-19-13-15-49(2)41-60)29-37-74(70)79(73)58-32-26-53(27-33-58)78-63-22-10-8-20-61(63)77(52-16-6-5-7-17-52)62-21-9-11-23-64(62)78/h5-8,10-20,22-47H,9,21H2,1-4H3. The van der Waals surface area contributed by atoms with Gasteiger partial charge in [0.25, 0.3) is 0 Å². The molecule has 81 heavy (non-hydrogen) atoms. The van der Waals surface area contributed by atoms with E-state index in [2.05, 4.69) is 290 Å². The van der Waals surface area contributed by atoms with Crippen LogP contribution in [-0.4, -0.2) is 13.7 Å². The average molecular weight is 1040 g/mol. The minimum atomic E-state index is 1.02. The number of hydrogen-bond donors (Lipinski definition) is 0. The summed E-state index contributed by atoms with van der Waals surface area (Å²) in [5.74, 6) is 0. The smallest absolute Gasteiger partial charge is 0.0541 e. The van der Waals surface area contributed by atoms with E-state index in [-0.39, 0.29) is 0 Å². The number of allylic oxidation sites excluding steroid dienone is 1. The van der Waals surface area contributed by atoms with Crippen LogP contribution in [0.2, 0.25) is 0 Å². The summed E-state index contributed by atoms with van der Waals surface area (Å²) < 4.78 is 7.34. The van der Waals surface area contributed by atoms with Crippen molar-refractivity contribution in [2.75, 3.05) is 0 Å². The maximum atomic E-state index is 2.48. The summed E-state index contributed by atoms with van der Waals surface area (Å²) in [6, 6.07) is 89.2. The van der Waals surface area contributed by atoms with Crippen molar-refractivity contribution in [2.45, 2.75) is 40.5 Å². The van der Waals surface area contributed by atoms with E-state index in [1.54, 1.807) is 0 Å². The summed E-state index contributed by atoms with van der Waals surface area (Å²) in [4.78, 5) is 0. The third-order valence-corrected chi connectivity index (χ3v) is 17.5. The molecule has 0 bridgehead atoms. The molecule has 0 N–H and O–H groups in total. The van der Waals surface area contributed by atoms with Gasteiger partial charge in [0, 0.05) is 49.4 Å². The lowest BCUT2D eigenvalue weighted by Crippen LogP contribution is -2.02. The first kappa shape index (κ1) is 47.1. The molecule has 1 aliphatic carbocycles. The Morgan fingerprint density at radius 1 is 0.272 bits per heavy atom. The van der Waals surface area contributed by atoms with Gasteiger partial charge in [0.1, 0.15) is 0 Å². The molecule has 16 rings (SSSR count). The second kappa shape index (κ2) is 18.3. The molecule has 3 nitrogen and oxygen atoms in total. The van der Waals surface area contributed by atoms with Crippen LogP contribution >= 0.6 is 0 Å². The van der Waals surface area contributed by atoms with Crippen LogP contribution in [0.5, 0.6) is 0 Å². The molecule has 0 amide bonds. The van der Waals surface area contributed by atoms with Gasteiger partial charge in [0.15, 0.2) is 0 Å². The molecule has 3 aromatic heterocycles. The molecule has 15 aromatic rings. The molecule has 1 aliphatic rings. The van der Waals surface area contributed by atoms with Crippen LogP contribution < -0.4 is 0 Å². The van der Waals surface area contributed by atoms with Gasteiger partial charge in [-0.05, 0) is 227 Å². The first-order valence-corrected chi connectivity index (χ1v) is 28.5. The molecule has 0 spiro atoms. The van der Waals surface area contributed by atoms with Gasteiger partial charge >= 0.3 is 0 Å². The maximum absolute atomic E-state index is 2.48. The van der Waals surface area contributed by atoms with E-state index in [0.29, 0.717) is 0 Å². The van der Waals surface area contributed by atoms with E-state index in [4.69, 9.17) is 0 Å². The van der Waals surface area contributed by atoms with E-state index < -0.39 is 0 Å². The molecule has 0 atom stereocenters. The SMILES string of the molecule is Cc1cccc(-n2c3ccc(C)cc3c3cc(-c4ccc5c(c4)c4cc(-c6ccc7c(c6)c6cc(C)ccc6n7-c6cccc(C)c6)ccc4n5-c4ccc(-c5c6c(c(-c7ccccc7)c7ccccc57)CCC=C6)cc4)ccc32)c1. The molecule has 0 aliphatic heterocycles. The summed E-state index contributed by atoms with van der Waals surface area (Å²) in [5, 5.41) is 10.1. The van der Waals surface area contributed by atoms with Gasteiger partial charge in [-0.3, -0.25) is 0 Å². The Morgan fingerprint density at radius 2 is 0.654 bits per heavy atom. The Morgan fingerprint density at radius 3 is 1.12 bits per heavy atom. The Hall–Kier alpha value is -9.96. The van der Waals surface area contributed by atoms with E-state index in [0.717, 1.165) is 18.5 Å². The highest BCUT2D eigenvalue weighted by Crippen LogP contribution is 2.46. The van der Waals surface area contributed by atoms with Crippen LogP contribution in [0, 0.1) is 27.7 Å². The number of benzene rings is 12. The summed E-state index contributed by atoms with van der Waals surface area (Å²) in [5.41, 5.74) is 28.5. The summed E-state index contributed by atoms with van der Waals surface area (Å²) in [6.45, 7) is 8.74. The number of hydrogen-bond acceptors (Lipinski definition) is 0. The highest BCUT2D eigenvalue weighted by molar-refractivity contribution is 6.15. The fraction of sp³-hybridized carbons (Fsp3) is 0.0769. The fourth-order valence-corrected chi connectivity index (χ4v) is 13.8. The Labute approximate surface area is 471 Å². The first-order valence-electron chi connectivity index (χ1n) is 28.5. The monoisotopic (exact) mass is 1040 g/mol. The number of aryl methyl sites for hydroxylation is 4. The molecule has 0 fully saturated rings. The molecule has 0 radical (unpaired) electrons. The summed E-state index contributed by atoms with van der Waals surface area (Å²) >= 11 is 0. The summed E-state index contributed by atoms with van der Waals surface area (Å²) in [6.07, 6.45) is 6.80. The molecular weight excluding hydrogens is 979 g/mol. The van der Waals surface area contributed by atoms with E-state index in [9.17, 15) is 0 Å². The third kappa shape index (κ3) is 7.49. The normalized spacial score (nSPS) is 12.5. The van der Waals surface area contributed by atoms with Crippen molar-refractivity contribution in [2.24, 2.45) is 0 Å². The van der Waals surface area contributed by atoms with Crippen molar-refractivity contribution < 1.29 is 0 Å². The van der Waals surface area contributed by atoms with Gasteiger partial charge in [-0.1, -0.05) is 151 Å². The second-order valence-corrected chi connectivity index (χ2v) is 22.7. The zero-order valence-corrected chi connectivity index (χ0v) is 45.9. The molecule has 0 unspecified atom stereocenters. The maximum Gasteiger partial charge on any atom is 0.0541 e. The molecular formula is C78H57N3. The minimum absolute atomic E-state index is 1.02. The number of aromatic nitrogens is 3. The topological polar surface area (TPSA) is 14.8 Å². The van der Waals surface area contributed by atoms with Crippen LogP contribution in [0.1, 0.15) is 39.8 Å². The minimum Gasteiger partial charge on any atom is -0.309 e. The fourth-order valence-electron chi connectivity index (χ4n) is 13.8. The van der Waals surface area contributed by atoms with Crippen LogP contribution in [0.4, 0.5) is 0 Å². The lowest BCUT2D eigenvalue weighted by Gasteiger charge is -2.24. The second-order valence-electron chi connectivity index (χ2n) is 22.7. The lowest BCUT2D eigenvalue weighted by atomic mass is 9.80. The van der Waals surface area contributed by atoms with Gasteiger partial charge in [0.05, 0.1) is 33.1 Å². The van der Waals surface area contributed by atoms with Crippen LogP contribution in [-0.2, 0) is 6.42 Å². The predicted molar refractivity (Wildman–Crippen MR) is 345 cm³/mol. The van der Waals surface area contributed by atoms with E-state index in [1.165, 1.54) is 165 Å². The average Bonchev–Trinajstić information content (AvgIpc) is 4.38. The van der Waals surface area contributed by atoms with Crippen LogP contribution in [0.3, 0.4) is 0 Å². The Balaban J connectivity index is 0.884.